The van der Waals surface area contributed by atoms with Gasteiger partial charge in [-0.3, -0.25) is 0 Å². The van der Waals surface area contributed by atoms with E-state index in [-0.39, 0.29) is 11.9 Å². The summed E-state index contributed by atoms with van der Waals surface area (Å²) in [5.74, 6) is 0.544. The molecule has 0 saturated heterocycles. The van der Waals surface area contributed by atoms with Gasteiger partial charge in [-0.05, 0) is 31.2 Å². The summed E-state index contributed by atoms with van der Waals surface area (Å²) >= 11 is 0. The first-order valence-corrected chi connectivity index (χ1v) is 10.4. The number of nitrogens with zero attached hydrogens (tertiary/aromatic N) is 5. The monoisotopic (exact) mass is 438 g/mol. The van der Waals surface area contributed by atoms with Crippen molar-refractivity contribution in [2.45, 2.75) is 13.0 Å². The van der Waals surface area contributed by atoms with E-state index < -0.39 is 0 Å². The maximum Gasteiger partial charge on any atom is 0.146 e. The Morgan fingerprint density at radius 1 is 1.03 bits per heavy atom. The van der Waals surface area contributed by atoms with Crippen molar-refractivity contribution in [3.8, 4) is 22.5 Å². The van der Waals surface area contributed by atoms with Crippen molar-refractivity contribution in [1.82, 2.24) is 34.5 Å². The van der Waals surface area contributed by atoms with E-state index in [4.69, 9.17) is 5.73 Å². The molecule has 5 heterocycles. The fourth-order valence-electron chi connectivity index (χ4n) is 4.20. The highest BCUT2D eigenvalue weighted by molar-refractivity contribution is 6.01. The van der Waals surface area contributed by atoms with Crippen molar-refractivity contribution in [3.63, 3.8) is 0 Å². The Hall–Kier alpha value is -4.53. The van der Waals surface area contributed by atoms with Gasteiger partial charge in [0.25, 0.3) is 0 Å². The lowest BCUT2D eigenvalue weighted by Gasteiger charge is -2.13. The maximum absolute atomic E-state index is 14.2. The van der Waals surface area contributed by atoms with Gasteiger partial charge >= 0.3 is 0 Å². The van der Waals surface area contributed by atoms with E-state index in [0.29, 0.717) is 22.9 Å². The number of nitrogen functional groups attached to an aromatic ring is 1. The summed E-state index contributed by atoms with van der Waals surface area (Å²) in [4.78, 5) is 24.0. The number of hydrogen-bond donors (Lipinski definition) is 3. The van der Waals surface area contributed by atoms with Crippen molar-refractivity contribution >= 4 is 27.9 Å². The van der Waals surface area contributed by atoms with Crippen LogP contribution < -0.4 is 5.73 Å². The average molecular weight is 438 g/mol. The second-order valence-corrected chi connectivity index (χ2v) is 7.89. The molecule has 4 N–H and O–H groups in total. The van der Waals surface area contributed by atoms with Gasteiger partial charge in [-0.1, -0.05) is 12.1 Å². The molecule has 5 aromatic heterocycles. The molecule has 0 amide bonds. The molecule has 0 saturated carbocycles. The summed E-state index contributed by atoms with van der Waals surface area (Å²) in [6, 6.07) is 10.4. The van der Waals surface area contributed by atoms with Crippen LogP contribution in [0.4, 0.5) is 10.2 Å². The van der Waals surface area contributed by atoms with Crippen molar-refractivity contribution in [1.29, 1.82) is 0 Å². The molecule has 8 nitrogen and oxygen atoms in total. The standard InChI is InChI=1S/C24H19FN8/c1-13(19-10-29-23(32-19)16-4-2-3-5-18(16)25)33-11-17(20-21(26)30-12-31-24(20)33)15-8-14-6-7-27-22(14)28-9-15/h2-13H,1H3,(H,27,28)(H,29,32)(H2,26,30,31). The Bertz CT molecular complexity index is 1630. The number of aromatic nitrogens is 7. The van der Waals surface area contributed by atoms with Gasteiger partial charge in [0.2, 0.25) is 0 Å². The number of nitrogens with one attached hydrogen (secondary N) is 2. The van der Waals surface area contributed by atoms with E-state index in [2.05, 4.69) is 36.0 Å². The predicted octanol–water partition coefficient (Wildman–Crippen LogP) is 4.70. The topological polar surface area (TPSA) is 114 Å². The van der Waals surface area contributed by atoms with E-state index in [1.807, 2.05) is 36.1 Å². The largest absolute Gasteiger partial charge is 0.383 e. The fraction of sp³-hybridized carbons (Fsp3) is 0.0833. The summed E-state index contributed by atoms with van der Waals surface area (Å²) in [6.45, 7) is 2.02. The molecule has 162 valence electrons. The SMILES string of the molecule is CC(c1cnc(-c2ccccc2F)[nH]1)n1cc(-c2cnc3[nH]ccc3c2)c2c(N)ncnc21. The number of anilines is 1. The highest BCUT2D eigenvalue weighted by atomic mass is 19.1. The lowest BCUT2D eigenvalue weighted by atomic mass is 10.1. The molecule has 0 aliphatic rings. The number of halogens is 1. The molecule has 0 spiro atoms. The Kier molecular flexibility index (Phi) is 4.22. The molecular formula is C24H19FN8. The molecule has 0 radical (unpaired) electrons. The van der Waals surface area contributed by atoms with Crippen LogP contribution in [0.2, 0.25) is 0 Å². The van der Waals surface area contributed by atoms with Crippen LogP contribution in [0.15, 0.2) is 67.5 Å². The smallest absolute Gasteiger partial charge is 0.146 e. The lowest BCUT2D eigenvalue weighted by molar-refractivity contribution is 0.628. The first kappa shape index (κ1) is 19.2. The third-order valence-electron chi connectivity index (χ3n) is 5.94. The van der Waals surface area contributed by atoms with Crippen molar-refractivity contribution in [2.24, 2.45) is 0 Å². The Morgan fingerprint density at radius 3 is 2.79 bits per heavy atom. The third-order valence-corrected chi connectivity index (χ3v) is 5.94. The van der Waals surface area contributed by atoms with Crippen LogP contribution in [0, 0.1) is 5.82 Å². The molecule has 0 fully saturated rings. The molecule has 6 aromatic rings. The molecule has 6 rings (SSSR count). The first-order valence-electron chi connectivity index (χ1n) is 10.4. The van der Waals surface area contributed by atoms with Gasteiger partial charge in [-0.2, -0.15) is 0 Å². The molecule has 1 unspecified atom stereocenters. The van der Waals surface area contributed by atoms with E-state index in [1.165, 1.54) is 12.4 Å². The maximum atomic E-state index is 14.2. The number of fused-ring (bicyclic) bond motifs is 2. The molecule has 9 heteroatoms. The quantitative estimate of drug-likeness (QED) is 0.369. The number of pyridine rings is 1. The second-order valence-electron chi connectivity index (χ2n) is 7.89. The summed E-state index contributed by atoms with van der Waals surface area (Å²) < 4.78 is 16.3. The zero-order valence-electron chi connectivity index (χ0n) is 17.6. The van der Waals surface area contributed by atoms with Crippen LogP contribution >= 0.6 is 0 Å². The normalized spacial score (nSPS) is 12.5. The minimum absolute atomic E-state index is 0.174. The van der Waals surface area contributed by atoms with Gasteiger partial charge in [-0.25, -0.2) is 24.3 Å². The van der Waals surface area contributed by atoms with E-state index >= 15 is 0 Å². The van der Waals surface area contributed by atoms with Crippen LogP contribution in [0.1, 0.15) is 18.7 Å². The zero-order chi connectivity index (χ0) is 22.5. The number of nitrogens with two attached hydrogens (primary N) is 1. The first-order chi connectivity index (χ1) is 16.1. The summed E-state index contributed by atoms with van der Waals surface area (Å²) in [5, 5.41) is 1.76. The van der Waals surface area contributed by atoms with Gasteiger partial charge in [0, 0.05) is 35.1 Å². The van der Waals surface area contributed by atoms with Gasteiger partial charge < -0.3 is 20.3 Å². The molecule has 0 aliphatic heterocycles. The minimum atomic E-state index is -0.326. The highest BCUT2D eigenvalue weighted by Crippen LogP contribution is 2.36. The molecular weight excluding hydrogens is 419 g/mol. The minimum Gasteiger partial charge on any atom is -0.383 e. The van der Waals surface area contributed by atoms with Crippen molar-refractivity contribution < 1.29 is 4.39 Å². The van der Waals surface area contributed by atoms with Crippen LogP contribution in [0.3, 0.4) is 0 Å². The van der Waals surface area contributed by atoms with E-state index in [0.717, 1.165) is 33.2 Å². The predicted molar refractivity (Wildman–Crippen MR) is 125 cm³/mol. The molecule has 0 bridgehead atoms. The number of hydrogen-bond acceptors (Lipinski definition) is 5. The van der Waals surface area contributed by atoms with E-state index in [9.17, 15) is 4.39 Å². The van der Waals surface area contributed by atoms with Crippen molar-refractivity contribution in [3.05, 3.63) is 79.0 Å². The fourth-order valence-corrected chi connectivity index (χ4v) is 4.20. The molecule has 1 atom stereocenters. The van der Waals surface area contributed by atoms with Gasteiger partial charge in [0.15, 0.2) is 0 Å². The van der Waals surface area contributed by atoms with Gasteiger partial charge in [-0.15, -0.1) is 0 Å². The summed E-state index contributed by atoms with van der Waals surface area (Å²) in [6.07, 6.45) is 8.84. The van der Waals surface area contributed by atoms with Gasteiger partial charge in [0.05, 0.1) is 28.9 Å². The molecule has 33 heavy (non-hydrogen) atoms. The van der Waals surface area contributed by atoms with Crippen LogP contribution in [-0.4, -0.2) is 34.5 Å². The Labute approximate surface area is 187 Å². The van der Waals surface area contributed by atoms with E-state index in [1.54, 1.807) is 24.4 Å². The third kappa shape index (κ3) is 3.05. The number of H-pyrrole nitrogens is 2. The zero-order valence-corrected chi connectivity index (χ0v) is 17.6. The average Bonchev–Trinajstić information content (AvgIpc) is 3.57. The number of imidazole rings is 1. The number of rotatable bonds is 4. The Morgan fingerprint density at radius 2 is 1.91 bits per heavy atom. The summed E-state index contributed by atoms with van der Waals surface area (Å²) in [5.41, 5.74) is 10.8. The Balaban J connectivity index is 1.48. The molecule has 1 aromatic carbocycles. The number of benzene rings is 1. The lowest BCUT2D eigenvalue weighted by Crippen LogP contribution is -2.07. The van der Waals surface area contributed by atoms with Crippen LogP contribution in [-0.2, 0) is 0 Å². The summed E-state index contributed by atoms with van der Waals surface area (Å²) in [7, 11) is 0. The van der Waals surface area contributed by atoms with Crippen LogP contribution in [0.25, 0.3) is 44.6 Å². The van der Waals surface area contributed by atoms with Crippen molar-refractivity contribution in [2.75, 3.05) is 5.73 Å². The van der Waals surface area contributed by atoms with Crippen LogP contribution in [0.5, 0.6) is 0 Å². The van der Waals surface area contributed by atoms with Gasteiger partial charge in [0.1, 0.15) is 35.1 Å². The highest BCUT2D eigenvalue weighted by Gasteiger charge is 2.21. The molecule has 0 aliphatic carbocycles. The number of aromatic amines is 2. The second kappa shape index (κ2) is 7.27.